The van der Waals surface area contributed by atoms with Crippen LogP contribution < -0.4 is 0 Å². The van der Waals surface area contributed by atoms with Gasteiger partial charge in [-0.2, -0.15) is 0 Å². The van der Waals surface area contributed by atoms with Gasteiger partial charge in [0.1, 0.15) is 0 Å². The first-order valence-electron chi connectivity index (χ1n) is 3.49. The minimum absolute atomic E-state index is 0. The third-order valence-corrected chi connectivity index (χ3v) is 2.19. The van der Waals surface area contributed by atoms with Crippen molar-refractivity contribution in [2.45, 2.75) is 44.6 Å². The normalized spacial score (nSPS) is 23.3. The Bertz CT molecular complexity index is 77.0. The summed E-state index contributed by atoms with van der Waals surface area (Å²) >= 11 is 0. The Balaban J connectivity index is 0.000000640. The number of rotatable bonds is 1. The Kier molecular flexibility index (Phi) is 4.53. The minimum atomic E-state index is -0.264. The summed E-state index contributed by atoms with van der Waals surface area (Å²) in [6, 6.07) is 0. The van der Waals surface area contributed by atoms with E-state index >= 15 is 0 Å². The molecule has 0 aromatic heterocycles. The Labute approximate surface area is 82.1 Å². The van der Waals surface area contributed by atoms with Crippen LogP contribution in [-0.2, 0) is 32.7 Å². The van der Waals surface area contributed by atoms with E-state index in [1.807, 2.05) is 0 Å². The van der Waals surface area contributed by atoms with Crippen molar-refractivity contribution in [3.63, 3.8) is 0 Å². The van der Waals surface area contributed by atoms with Crippen LogP contribution in [0.3, 0.4) is 0 Å². The second-order valence-electron chi connectivity index (χ2n) is 2.79. The van der Waals surface area contributed by atoms with E-state index in [1.54, 1.807) is 0 Å². The van der Waals surface area contributed by atoms with Crippen molar-refractivity contribution in [3.8, 4) is 0 Å². The summed E-state index contributed by atoms with van der Waals surface area (Å²) in [6.45, 7) is 2.06. The summed E-state index contributed by atoms with van der Waals surface area (Å²) in [4.78, 5) is 0. The molecule has 1 radical (unpaired) electrons. The predicted octanol–water partition coefficient (Wildman–Crippen LogP) is 1.70. The Morgan fingerprint density at radius 3 is 2.00 bits per heavy atom. The molecule has 1 N–H and O–H groups in total. The van der Waals surface area contributed by atoms with Crippen molar-refractivity contribution >= 4 is 0 Å². The van der Waals surface area contributed by atoms with Crippen molar-refractivity contribution < 1.29 is 37.8 Å². The Hall–Kier alpha value is 1.06. The van der Waals surface area contributed by atoms with Gasteiger partial charge in [0, 0.05) is 32.7 Å². The van der Waals surface area contributed by atoms with Crippen LogP contribution in [0.1, 0.15) is 39.0 Å². The quantitative estimate of drug-likeness (QED) is 0.687. The first kappa shape index (κ1) is 10.1. The van der Waals surface area contributed by atoms with Crippen LogP contribution in [0.5, 0.6) is 0 Å². The topological polar surface area (TPSA) is 20.2 Å². The molecule has 2 heteroatoms. The van der Waals surface area contributed by atoms with Crippen LogP contribution in [-0.4, -0.2) is 10.7 Å². The molecular weight excluding hydrogens is 189 g/mol. The second kappa shape index (κ2) is 4.05. The first-order chi connectivity index (χ1) is 3.77. The molecule has 1 aliphatic carbocycles. The molecule has 0 bridgehead atoms. The molecule has 0 amide bonds. The maximum atomic E-state index is 9.50. The molecule has 1 rings (SSSR count). The van der Waals surface area contributed by atoms with Crippen molar-refractivity contribution in [1.29, 1.82) is 0 Å². The fourth-order valence-electron chi connectivity index (χ4n) is 1.39. The van der Waals surface area contributed by atoms with Crippen molar-refractivity contribution in [2.75, 3.05) is 0 Å². The van der Waals surface area contributed by atoms with Gasteiger partial charge >= 0.3 is 0 Å². The van der Waals surface area contributed by atoms with Gasteiger partial charge < -0.3 is 5.11 Å². The monoisotopic (exact) mass is 203 g/mol. The van der Waals surface area contributed by atoms with E-state index in [2.05, 4.69) is 6.92 Å². The summed E-state index contributed by atoms with van der Waals surface area (Å²) in [5.41, 5.74) is -0.264. The molecule has 1 saturated carbocycles. The molecule has 1 fully saturated rings. The fourth-order valence-corrected chi connectivity index (χ4v) is 1.39. The second-order valence-corrected chi connectivity index (χ2v) is 2.79. The summed E-state index contributed by atoms with van der Waals surface area (Å²) in [5, 5.41) is 9.50. The van der Waals surface area contributed by atoms with E-state index in [1.165, 1.54) is 12.8 Å². The van der Waals surface area contributed by atoms with Crippen LogP contribution in [0, 0.1) is 0 Å². The van der Waals surface area contributed by atoms with Crippen LogP contribution >= 0.6 is 0 Å². The van der Waals surface area contributed by atoms with Gasteiger partial charge in [-0.25, -0.2) is 0 Å². The zero-order valence-electron chi connectivity index (χ0n) is 6.06. The largest absolute Gasteiger partial charge is 0.390 e. The molecule has 0 unspecified atom stereocenters. The van der Waals surface area contributed by atoms with Gasteiger partial charge in [0.25, 0.3) is 0 Å². The minimum Gasteiger partial charge on any atom is -0.390 e. The van der Waals surface area contributed by atoms with Crippen LogP contribution in [0.4, 0.5) is 0 Å². The van der Waals surface area contributed by atoms with E-state index in [0.717, 1.165) is 19.3 Å². The Morgan fingerprint density at radius 2 is 1.78 bits per heavy atom. The summed E-state index contributed by atoms with van der Waals surface area (Å²) < 4.78 is 0. The third-order valence-electron chi connectivity index (χ3n) is 2.19. The van der Waals surface area contributed by atoms with Gasteiger partial charge in [0.15, 0.2) is 0 Å². The Morgan fingerprint density at radius 1 is 1.33 bits per heavy atom. The van der Waals surface area contributed by atoms with Gasteiger partial charge in [-0.05, 0) is 19.3 Å². The average molecular weight is 203 g/mol. The van der Waals surface area contributed by atoms with E-state index in [0.29, 0.717) is 0 Å². The zero-order valence-corrected chi connectivity index (χ0v) is 8.90. The van der Waals surface area contributed by atoms with Gasteiger partial charge in [-0.1, -0.05) is 19.8 Å². The molecular formula is C7H14OY. The smallest absolute Gasteiger partial charge is 0.0645 e. The molecule has 0 aromatic carbocycles. The molecule has 1 nitrogen and oxygen atoms in total. The first-order valence-corrected chi connectivity index (χ1v) is 3.49. The molecule has 1 aliphatic rings. The summed E-state index contributed by atoms with van der Waals surface area (Å²) in [6.07, 6.45) is 5.45. The molecule has 0 heterocycles. The molecule has 51 valence electrons. The third kappa shape index (κ3) is 2.65. The van der Waals surface area contributed by atoms with Gasteiger partial charge in [-0.15, -0.1) is 0 Å². The van der Waals surface area contributed by atoms with Gasteiger partial charge in [0.2, 0.25) is 0 Å². The molecule has 0 aromatic rings. The zero-order chi connectivity index (χ0) is 6.04. The van der Waals surface area contributed by atoms with Crippen molar-refractivity contribution in [2.24, 2.45) is 0 Å². The summed E-state index contributed by atoms with van der Waals surface area (Å²) in [7, 11) is 0. The standard InChI is InChI=1S/C7H14O.Y/c1-2-7(8)5-3-4-6-7;/h8H,2-6H2,1H3;. The molecule has 0 aliphatic heterocycles. The van der Waals surface area contributed by atoms with E-state index in [9.17, 15) is 5.11 Å². The van der Waals surface area contributed by atoms with E-state index in [-0.39, 0.29) is 38.3 Å². The summed E-state index contributed by atoms with van der Waals surface area (Å²) in [5.74, 6) is 0. The maximum absolute atomic E-state index is 9.50. The molecule has 9 heavy (non-hydrogen) atoms. The fraction of sp³-hybridized carbons (Fsp3) is 1.00. The van der Waals surface area contributed by atoms with Gasteiger partial charge in [0.05, 0.1) is 5.60 Å². The van der Waals surface area contributed by atoms with Crippen LogP contribution in [0.25, 0.3) is 0 Å². The number of hydrogen-bond acceptors (Lipinski definition) is 1. The average Bonchev–Trinajstić information content (AvgIpc) is 2.17. The van der Waals surface area contributed by atoms with E-state index in [4.69, 9.17) is 0 Å². The predicted molar refractivity (Wildman–Crippen MR) is 33.7 cm³/mol. The van der Waals surface area contributed by atoms with Crippen LogP contribution in [0.2, 0.25) is 0 Å². The van der Waals surface area contributed by atoms with Crippen molar-refractivity contribution in [1.82, 2.24) is 0 Å². The van der Waals surface area contributed by atoms with Gasteiger partial charge in [-0.3, -0.25) is 0 Å². The van der Waals surface area contributed by atoms with E-state index < -0.39 is 0 Å². The molecule has 0 spiro atoms. The molecule has 0 atom stereocenters. The number of hydrogen-bond donors (Lipinski definition) is 1. The maximum Gasteiger partial charge on any atom is 0.0645 e. The molecule has 0 saturated heterocycles. The number of aliphatic hydroxyl groups is 1. The SMILES string of the molecule is CCC1(O)CCCC1.[Y]. The van der Waals surface area contributed by atoms with Crippen molar-refractivity contribution in [3.05, 3.63) is 0 Å². The van der Waals surface area contributed by atoms with Crippen LogP contribution in [0.15, 0.2) is 0 Å².